The third kappa shape index (κ3) is 5.88. The van der Waals surface area contributed by atoms with Gasteiger partial charge < -0.3 is 11.1 Å². The lowest BCUT2D eigenvalue weighted by Crippen LogP contribution is -2.61. The predicted octanol–water partition coefficient (Wildman–Crippen LogP) is 1.45. The van der Waals surface area contributed by atoms with Crippen molar-refractivity contribution in [1.29, 1.82) is 0 Å². The first-order valence-corrected chi connectivity index (χ1v) is 7.58. The Bertz CT molecular complexity index is 661. The number of carbonyl (C=O) groups excluding carboxylic acids is 2. The zero-order chi connectivity index (χ0) is 18.2. The van der Waals surface area contributed by atoms with Gasteiger partial charge in [-0.3, -0.25) is 14.8 Å². The molecule has 1 atom stereocenters. The van der Waals surface area contributed by atoms with Crippen LogP contribution in [-0.2, 0) is 4.79 Å². The molecule has 0 bridgehead atoms. The van der Waals surface area contributed by atoms with E-state index in [0.717, 1.165) is 12.0 Å². The van der Waals surface area contributed by atoms with Crippen LogP contribution in [0.2, 0.25) is 0 Å². The van der Waals surface area contributed by atoms with Gasteiger partial charge in [0.1, 0.15) is 6.04 Å². The molecule has 24 heavy (non-hydrogen) atoms. The molecule has 0 aromatic heterocycles. The van der Waals surface area contributed by atoms with Gasteiger partial charge in [-0.1, -0.05) is 30.9 Å². The summed E-state index contributed by atoms with van der Waals surface area (Å²) in [6.07, 6.45) is 4.38. The highest BCUT2D eigenvalue weighted by Gasteiger charge is 2.33. The molecule has 6 nitrogen and oxygen atoms in total. The van der Waals surface area contributed by atoms with Crippen LogP contribution in [0.4, 0.5) is 0 Å². The molecule has 0 unspecified atom stereocenters. The first-order chi connectivity index (χ1) is 11.3. The summed E-state index contributed by atoms with van der Waals surface area (Å²) in [5, 5.41) is 11.3. The Morgan fingerprint density at radius 1 is 1.33 bits per heavy atom. The van der Waals surface area contributed by atoms with E-state index in [1.807, 2.05) is 13.0 Å². The van der Waals surface area contributed by atoms with Crippen molar-refractivity contribution >= 4 is 17.9 Å². The molecule has 128 valence electrons. The molecule has 0 radical (unpaired) electrons. The number of hydrogen-bond donors (Lipinski definition) is 4. The van der Waals surface area contributed by atoms with Crippen LogP contribution in [0.1, 0.15) is 43.1 Å². The van der Waals surface area contributed by atoms with Crippen molar-refractivity contribution in [3.05, 3.63) is 41.5 Å². The lowest BCUT2D eigenvalue weighted by molar-refractivity contribution is -0.132. The average molecular weight is 329 g/mol. The van der Waals surface area contributed by atoms with Gasteiger partial charge in [0.25, 0.3) is 11.8 Å². The van der Waals surface area contributed by atoms with Gasteiger partial charge >= 0.3 is 0 Å². The number of hydroxylamine groups is 1. The third-order valence-electron chi connectivity index (χ3n) is 3.20. The van der Waals surface area contributed by atoms with E-state index in [0.29, 0.717) is 5.56 Å². The Morgan fingerprint density at radius 2 is 1.96 bits per heavy atom. The van der Waals surface area contributed by atoms with E-state index in [4.69, 9.17) is 10.9 Å². The van der Waals surface area contributed by atoms with Gasteiger partial charge in [-0.15, -0.1) is 0 Å². The third-order valence-corrected chi connectivity index (χ3v) is 3.20. The molecule has 0 spiro atoms. The number of rotatable bonds is 5. The van der Waals surface area contributed by atoms with Crippen LogP contribution in [-0.4, -0.2) is 28.6 Å². The van der Waals surface area contributed by atoms with Crippen molar-refractivity contribution in [2.75, 3.05) is 0 Å². The summed E-state index contributed by atoms with van der Waals surface area (Å²) in [6.45, 7) is 5.14. The molecule has 5 N–H and O–H groups in total. The summed E-state index contributed by atoms with van der Waals surface area (Å²) in [6, 6.07) is 5.75. The topological polar surface area (TPSA) is 104 Å². The SMILES string of the molecule is CCC#CC=Cc1ccc(C(=O)N[C@H](C(=O)NO)C(C)(C)N)cc1. The van der Waals surface area contributed by atoms with Gasteiger partial charge in [0.05, 0.1) is 0 Å². The number of benzene rings is 1. The van der Waals surface area contributed by atoms with Gasteiger partial charge in [0.15, 0.2) is 0 Å². The highest BCUT2D eigenvalue weighted by molar-refractivity contribution is 5.98. The van der Waals surface area contributed by atoms with Crippen LogP contribution >= 0.6 is 0 Å². The highest BCUT2D eigenvalue weighted by Crippen LogP contribution is 2.10. The van der Waals surface area contributed by atoms with Crippen LogP contribution in [0.25, 0.3) is 6.08 Å². The van der Waals surface area contributed by atoms with Crippen LogP contribution in [0.3, 0.4) is 0 Å². The molecule has 6 heteroatoms. The van der Waals surface area contributed by atoms with Gasteiger partial charge in [-0.2, -0.15) is 0 Å². The summed E-state index contributed by atoms with van der Waals surface area (Å²) in [4.78, 5) is 23.9. The quantitative estimate of drug-likeness (QED) is 0.373. The van der Waals surface area contributed by atoms with E-state index < -0.39 is 23.4 Å². The lowest BCUT2D eigenvalue weighted by atomic mass is 9.95. The Kier molecular flexibility index (Phi) is 7.18. The fourth-order valence-corrected chi connectivity index (χ4v) is 1.91. The summed E-state index contributed by atoms with van der Waals surface area (Å²) < 4.78 is 0. The molecular weight excluding hydrogens is 306 g/mol. The minimum Gasteiger partial charge on any atom is -0.338 e. The van der Waals surface area contributed by atoms with E-state index in [2.05, 4.69) is 17.2 Å². The fraction of sp³-hybridized carbons (Fsp3) is 0.333. The van der Waals surface area contributed by atoms with Gasteiger partial charge in [-0.05, 0) is 43.7 Å². The van der Waals surface area contributed by atoms with Crippen LogP contribution in [0.5, 0.6) is 0 Å². The second-order valence-corrected chi connectivity index (χ2v) is 5.83. The maximum absolute atomic E-state index is 12.3. The number of hydrogen-bond acceptors (Lipinski definition) is 4. The first kappa shape index (κ1) is 19.4. The molecule has 0 aliphatic heterocycles. The van der Waals surface area contributed by atoms with Crippen molar-refractivity contribution in [2.45, 2.75) is 38.8 Å². The number of nitrogens with two attached hydrogens (primary N) is 1. The molecule has 0 saturated carbocycles. The molecule has 0 aliphatic rings. The van der Waals surface area contributed by atoms with Crippen molar-refractivity contribution in [1.82, 2.24) is 10.8 Å². The largest absolute Gasteiger partial charge is 0.338 e. The Hall–Kier alpha value is -2.62. The van der Waals surface area contributed by atoms with Crippen molar-refractivity contribution in [3.8, 4) is 11.8 Å². The molecule has 0 aliphatic carbocycles. The molecule has 1 rings (SSSR count). The zero-order valence-electron chi connectivity index (χ0n) is 14.1. The Labute approximate surface area is 142 Å². The van der Waals surface area contributed by atoms with Gasteiger partial charge in [-0.25, -0.2) is 5.48 Å². The number of amides is 2. The number of nitrogens with one attached hydrogen (secondary N) is 2. The second-order valence-electron chi connectivity index (χ2n) is 5.83. The first-order valence-electron chi connectivity index (χ1n) is 7.58. The maximum Gasteiger partial charge on any atom is 0.267 e. The molecule has 0 heterocycles. The van der Waals surface area contributed by atoms with Crippen LogP contribution in [0.15, 0.2) is 30.3 Å². The lowest BCUT2D eigenvalue weighted by Gasteiger charge is -2.29. The second kappa shape index (κ2) is 8.87. The maximum atomic E-state index is 12.3. The van der Waals surface area contributed by atoms with Gasteiger partial charge in [0, 0.05) is 17.5 Å². The van der Waals surface area contributed by atoms with Crippen LogP contribution in [0, 0.1) is 11.8 Å². The van der Waals surface area contributed by atoms with E-state index in [1.54, 1.807) is 44.2 Å². The summed E-state index contributed by atoms with van der Waals surface area (Å²) >= 11 is 0. The summed E-state index contributed by atoms with van der Waals surface area (Å²) in [5.74, 6) is 4.59. The van der Waals surface area contributed by atoms with E-state index in [-0.39, 0.29) is 0 Å². The molecule has 2 amide bonds. The predicted molar refractivity (Wildman–Crippen MR) is 93.0 cm³/mol. The van der Waals surface area contributed by atoms with Gasteiger partial charge in [0.2, 0.25) is 0 Å². The molecule has 0 saturated heterocycles. The summed E-state index contributed by atoms with van der Waals surface area (Å²) in [7, 11) is 0. The van der Waals surface area contributed by atoms with Crippen molar-refractivity contribution in [3.63, 3.8) is 0 Å². The average Bonchev–Trinajstić information content (AvgIpc) is 2.55. The Balaban J connectivity index is 2.84. The molecular formula is C18H23N3O3. The number of carbonyl (C=O) groups is 2. The Morgan fingerprint density at radius 3 is 2.46 bits per heavy atom. The smallest absolute Gasteiger partial charge is 0.267 e. The normalized spacial score (nSPS) is 12.2. The molecule has 0 fully saturated rings. The zero-order valence-corrected chi connectivity index (χ0v) is 14.1. The van der Waals surface area contributed by atoms with Crippen molar-refractivity contribution < 1.29 is 14.8 Å². The monoisotopic (exact) mass is 329 g/mol. The van der Waals surface area contributed by atoms with Crippen molar-refractivity contribution in [2.24, 2.45) is 5.73 Å². The molecule has 1 aromatic carbocycles. The van der Waals surface area contributed by atoms with Crippen LogP contribution < -0.4 is 16.5 Å². The van der Waals surface area contributed by atoms with E-state index >= 15 is 0 Å². The molecule has 1 aromatic rings. The minimum atomic E-state index is -1.07. The standard InChI is InChI=1S/C18H23N3O3/c1-4-5-6-7-8-13-9-11-14(12-10-13)16(22)20-15(17(23)21-24)18(2,3)19/h7-12,15,24H,4,19H2,1-3H3,(H,20,22)(H,21,23)/t15-/m1/s1. The number of allylic oxidation sites excluding steroid dienone is 1. The summed E-state index contributed by atoms with van der Waals surface area (Å²) in [5.41, 5.74) is 7.64. The van der Waals surface area contributed by atoms with E-state index in [1.165, 1.54) is 5.48 Å². The van der Waals surface area contributed by atoms with E-state index in [9.17, 15) is 9.59 Å². The fourth-order valence-electron chi connectivity index (χ4n) is 1.91. The minimum absolute atomic E-state index is 0.381. The highest BCUT2D eigenvalue weighted by atomic mass is 16.5.